The molecule has 5 rings (SSSR count). The minimum absolute atomic E-state index is 0.0184. The van der Waals surface area contributed by atoms with Crippen molar-refractivity contribution in [2.24, 2.45) is 0 Å². The first-order valence-corrected chi connectivity index (χ1v) is 12.2. The number of nitrogens with one attached hydrogen (secondary N) is 1. The zero-order valence-electron chi connectivity index (χ0n) is 18.1. The number of carbonyl (C=O) groups excluding carboxylic acids is 1. The van der Waals surface area contributed by atoms with Gasteiger partial charge in [-0.05, 0) is 67.6 Å². The second kappa shape index (κ2) is 9.52. The molecule has 0 spiro atoms. The van der Waals surface area contributed by atoms with Gasteiger partial charge >= 0.3 is 0 Å². The Labute approximate surface area is 192 Å². The van der Waals surface area contributed by atoms with Crippen LogP contribution in [0.4, 0.5) is 5.69 Å². The van der Waals surface area contributed by atoms with Crippen LogP contribution in [0.2, 0.25) is 0 Å². The average Bonchev–Trinajstić information content (AvgIpc) is 3.31. The highest BCUT2D eigenvalue weighted by Crippen LogP contribution is 2.22. The highest BCUT2D eigenvalue weighted by atomic mass is 32.1. The van der Waals surface area contributed by atoms with E-state index < -0.39 is 6.10 Å². The summed E-state index contributed by atoms with van der Waals surface area (Å²) in [5.74, 6) is 0.0184. The van der Waals surface area contributed by atoms with Crippen molar-refractivity contribution in [2.75, 3.05) is 31.1 Å². The lowest BCUT2D eigenvalue weighted by Crippen LogP contribution is -2.42. The molecule has 3 heterocycles. The number of aromatic nitrogens is 2. The molecular weight excluding hydrogens is 422 g/mol. The van der Waals surface area contributed by atoms with Crippen LogP contribution in [0, 0.1) is 0 Å². The summed E-state index contributed by atoms with van der Waals surface area (Å²) >= 11 is 1.26. The first kappa shape index (κ1) is 21.3. The Balaban J connectivity index is 1.12. The fourth-order valence-corrected chi connectivity index (χ4v) is 5.20. The predicted octanol–water partition coefficient (Wildman–Crippen LogP) is 3.05. The molecule has 2 saturated heterocycles. The molecule has 1 amide bonds. The number of rotatable bonds is 5. The van der Waals surface area contributed by atoms with Gasteiger partial charge in [-0.15, -0.1) is 0 Å². The van der Waals surface area contributed by atoms with Crippen LogP contribution in [0.15, 0.2) is 42.5 Å². The molecule has 1 unspecified atom stereocenters. The molecule has 2 aliphatic rings. The van der Waals surface area contributed by atoms with Crippen molar-refractivity contribution in [3.05, 3.63) is 53.6 Å². The zero-order valence-corrected chi connectivity index (χ0v) is 18.9. The number of carbonyl (C=O) groups is 1. The fourth-order valence-electron chi connectivity index (χ4n) is 4.68. The van der Waals surface area contributed by atoms with E-state index in [1.807, 2.05) is 18.2 Å². The summed E-state index contributed by atoms with van der Waals surface area (Å²) in [7, 11) is 0. The molecule has 0 radical (unpaired) electrons. The lowest BCUT2D eigenvalue weighted by molar-refractivity contribution is 0.0474. The van der Waals surface area contributed by atoms with Gasteiger partial charge in [0, 0.05) is 50.0 Å². The number of hydrogen-bond acceptors (Lipinski definition) is 7. The van der Waals surface area contributed by atoms with Crippen molar-refractivity contribution in [2.45, 2.75) is 44.4 Å². The van der Waals surface area contributed by atoms with Gasteiger partial charge in [-0.2, -0.15) is 8.75 Å². The number of hydrogen-bond donors (Lipinski definition) is 2. The molecule has 7 nitrogen and oxygen atoms in total. The van der Waals surface area contributed by atoms with Crippen molar-refractivity contribution >= 4 is 34.4 Å². The maximum atomic E-state index is 12.7. The number of fused-ring (bicyclic) bond motifs is 1. The van der Waals surface area contributed by atoms with Crippen LogP contribution in [0.1, 0.15) is 41.6 Å². The van der Waals surface area contributed by atoms with Crippen LogP contribution < -0.4 is 10.2 Å². The summed E-state index contributed by atoms with van der Waals surface area (Å²) in [5.41, 5.74) is 5.05. The normalized spacial score (nSPS) is 20.1. The lowest BCUT2D eigenvalue weighted by atomic mass is 10.0. The Kier molecular flexibility index (Phi) is 6.34. The summed E-state index contributed by atoms with van der Waals surface area (Å²) in [6.07, 6.45) is 3.44. The standard InChI is InChI=1S/C24H29N5O2S/c30-21-2-1-11-29(16-21)24(31)18-4-6-20(7-5-18)28-12-9-19(10-13-28)25-15-17-3-8-22-23(14-17)27-32-26-22/h3-8,14,19,21,25,30H,1-2,9-13,15-16H2. The van der Waals surface area contributed by atoms with Crippen LogP contribution >= 0.6 is 11.7 Å². The van der Waals surface area contributed by atoms with E-state index in [1.54, 1.807) is 4.90 Å². The molecule has 2 aliphatic heterocycles. The number of piperidine rings is 2. The Morgan fingerprint density at radius 1 is 1.03 bits per heavy atom. The maximum absolute atomic E-state index is 12.7. The molecule has 0 aliphatic carbocycles. The van der Waals surface area contributed by atoms with E-state index in [0.717, 1.165) is 62.9 Å². The van der Waals surface area contributed by atoms with Crippen molar-refractivity contribution in [3.8, 4) is 0 Å². The van der Waals surface area contributed by atoms with Crippen molar-refractivity contribution in [1.29, 1.82) is 0 Å². The number of aliphatic hydroxyl groups excluding tert-OH is 1. The largest absolute Gasteiger partial charge is 0.391 e. The molecule has 0 bridgehead atoms. The highest BCUT2D eigenvalue weighted by molar-refractivity contribution is 7.00. The molecule has 0 saturated carbocycles. The minimum atomic E-state index is -0.394. The number of β-amino-alcohol motifs (C(OH)–C–C–N with tert-alkyl or cyclic N) is 1. The summed E-state index contributed by atoms with van der Waals surface area (Å²) < 4.78 is 8.59. The molecule has 3 aromatic rings. The number of anilines is 1. The van der Waals surface area contributed by atoms with Crippen molar-refractivity contribution in [3.63, 3.8) is 0 Å². The van der Waals surface area contributed by atoms with Crippen LogP contribution in [-0.2, 0) is 6.54 Å². The third kappa shape index (κ3) is 4.77. The maximum Gasteiger partial charge on any atom is 0.253 e. The Morgan fingerprint density at radius 3 is 2.59 bits per heavy atom. The van der Waals surface area contributed by atoms with Gasteiger partial charge in [-0.3, -0.25) is 4.79 Å². The first-order chi connectivity index (χ1) is 15.7. The molecule has 2 aromatic carbocycles. The van der Waals surface area contributed by atoms with Gasteiger partial charge in [0.15, 0.2) is 0 Å². The quantitative estimate of drug-likeness (QED) is 0.621. The number of nitrogens with zero attached hydrogens (tertiary/aromatic N) is 4. The Bertz CT molecular complexity index is 1060. The van der Waals surface area contributed by atoms with Crippen LogP contribution in [0.5, 0.6) is 0 Å². The molecule has 32 heavy (non-hydrogen) atoms. The van der Waals surface area contributed by atoms with Crippen LogP contribution in [-0.4, -0.2) is 63.0 Å². The molecule has 2 fully saturated rings. The van der Waals surface area contributed by atoms with E-state index >= 15 is 0 Å². The van der Waals surface area contributed by atoms with Gasteiger partial charge < -0.3 is 20.2 Å². The SMILES string of the molecule is O=C(c1ccc(N2CCC(NCc3ccc4nsnc4c3)CC2)cc1)N1CCCC(O)C1. The third-order valence-electron chi connectivity index (χ3n) is 6.57. The zero-order chi connectivity index (χ0) is 21.9. The van der Waals surface area contributed by atoms with Crippen LogP contribution in [0.25, 0.3) is 11.0 Å². The third-order valence-corrected chi connectivity index (χ3v) is 7.13. The Hall–Kier alpha value is -2.55. The monoisotopic (exact) mass is 451 g/mol. The van der Waals surface area contributed by atoms with E-state index in [4.69, 9.17) is 0 Å². The van der Waals surface area contributed by atoms with Gasteiger partial charge in [0.2, 0.25) is 0 Å². The smallest absolute Gasteiger partial charge is 0.253 e. The van der Waals surface area contributed by atoms with Gasteiger partial charge in [-0.25, -0.2) is 0 Å². The predicted molar refractivity (Wildman–Crippen MR) is 127 cm³/mol. The van der Waals surface area contributed by atoms with Gasteiger partial charge in [0.25, 0.3) is 5.91 Å². The minimum Gasteiger partial charge on any atom is -0.391 e. The molecule has 1 aromatic heterocycles. The van der Waals surface area contributed by atoms with E-state index in [2.05, 4.69) is 43.2 Å². The summed E-state index contributed by atoms with van der Waals surface area (Å²) in [5, 5.41) is 13.5. The van der Waals surface area contributed by atoms with Crippen molar-refractivity contribution in [1.82, 2.24) is 19.0 Å². The van der Waals surface area contributed by atoms with Gasteiger partial charge in [-0.1, -0.05) is 6.07 Å². The first-order valence-electron chi connectivity index (χ1n) is 11.4. The molecule has 8 heteroatoms. The van der Waals surface area contributed by atoms with E-state index in [1.165, 1.54) is 23.0 Å². The highest BCUT2D eigenvalue weighted by Gasteiger charge is 2.24. The van der Waals surface area contributed by atoms with E-state index in [-0.39, 0.29) is 5.91 Å². The van der Waals surface area contributed by atoms with E-state index in [0.29, 0.717) is 18.2 Å². The average molecular weight is 452 g/mol. The topological polar surface area (TPSA) is 81.6 Å². The molecular formula is C24H29N5O2S. The second-order valence-electron chi connectivity index (χ2n) is 8.82. The summed E-state index contributed by atoms with van der Waals surface area (Å²) in [6.45, 7) is 4.01. The van der Waals surface area contributed by atoms with Crippen molar-refractivity contribution < 1.29 is 9.90 Å². The lowest BCUT2D eigenvalue weighted by Gasteiger charge is -2.34. The summed E-state index contributed by atoms with van der Waals surface area (Å²) in [6, 6.07) is 14.7. The Morgan fingerprint density at radius 2 is 1.81 bits per heavy atom. The molecule has 2 N–H and O–H groups in total. The number of likely N-dealkylation sites (tertiary alicyclic amines) is 1. The van der Waals surface area contributed by atoms with Gasteiger partial charge in [0.05, 0.1) is 17.8 Å². The number of aliphatic hydroxyl groups is 1. The second-order valence-corrected chi connectivity index (χ2v) is 9.35. The molecule has 1 atom stereocenters. The van der Waals surface area contributed by atoms with E-state index in [9.17, 15) is 9.90 Å². The fraction of sp³-hybridized carbons (Fsp3) is 0.458. The number of amides is 1. The summed E-state index contributed by atoms with van der Waals surface area (Å²) in [4.78, 5) is 16.9. The number of benzene rings is 2. The van der Waals surface area contributed by atoms with Gasteiger partial charge in [0.1, 0.15) is 11.0 Å². The van der Waals surface area contributed by atoms with Crippen LogP contribution in [0.3, 0.4) is 0 Å². The molecule has 168 valence electrons.